The molecular weight excluding hydrogens is 528 g/mol. The molecule has 0 bridgehead atoms. The average molecular weight is 579 g/mol. The van der Waals surface area contributed by atoms with Gasteiger partial charge in [-0.15, -0.1) is 0 Å². The van der Waals surface area contributed by atoms with Crippen molar-refractivity contribution in [3.8, 4) is 11.5 Å². The molecule has 0 heterocycles. The monoisotopic (exact) mass is 578 g/mol. The lowest BCUT2D eigenvalue weighted by Crippen LogP contribution is -2.17. The van der Waals surface area contributed by atoms with Crippen molar-refractivity contribution in [2.45, 2.75) is 105 Å². The molecule has 42 heavy (non-hydrogen) atoms. The van der Waals surface area contributed by atoms with Crippen LogP contribution in [0, 0.1) is 0 Å². The summed E-state index contributed by atoms with van der Waals surface area (Å²) in [6, 6.07) is 12.0. The van der Waals surface area contributed by atoms with Crippen molar-refractivity contribution in [1.29, 1.82) is 0 Å². The second kappa shape index (κ2) is 18.3. The number of unbranched alkanes of at least 4 members (excludes halogenated alkanes) is 8. The maximum absolute atomic E-state index is 12.6. The fraction of sp³-hybridized carbons (Fsp3) is 0.556. The summed E-state index contributed by atoms with van der Waals surface area (Å²) in [5, 5.41) is 3.43. The van der Waals surface area contributed by atoms with E-state index < -0.39 is 0 Å². The molecule has 0 aliphatic rings. The van der Waals surface area contributed by atoms with Gasteiger partial charge in [0.15, 0.2) is 13.2 Å². The zero-order valence-electron chi connectivity index (χ0n) is 26.2. The van der Waals surface area contributed by atoms with Crippen LogP contribution in [0.1, 0.15) is 103 Å². The van der Waals surface area contributed by atoms with Crippen LogP contribution in [0.4, 0.5) is 0 Å². The Balaban J connectivity index is 1.85. The van der Waals surface area contributed by atoms with E-state index in [9.17, 15) is 9.59 Å². The van der Waals surface area contributed by atoms with E-state index in [4.69, 9.17) is 18.9 Å². The molecular formula is C36H50O6. The number of ether oxygens (including phenoxy) is 4. The quantitative estimate of drug-likeness (QED) is 0.0757. The van der Waals surface area contributed by atoms with Gasteiger partial charge in [0.25, 0.3) is 0 Å². The summed E-state index contributed by atoms with van der Waals surface area (Å²) in [5.74, 6) is 0.529. The highest BCUT2D eigenvalue weighted by atomic mass is 16.6. The fourth-order valence-corrected chi connectivity index (χ4v) is 5.47. The first kappa shape index (κ1) is 33.2. The third kappa shape index (κ3) is 9.37. The van der Waals surface area contributed by atoms with Crippen molar-refractivity contribution in [3.05, 3.63) is 47.5 Å². The number of carbonyl (C=O) groups excluding carboxylic acids is 2. The van der Waals surface area contributed by atoms with Crippen LogP contribution in [0.25, 0.3) is 21.5 Å². The van der Waals surface area contributed by atoms with Gasteiger partial charge < -0.3 is 18.9 Å². The van der Waals surface area contributed by atoms with Crippen LogP contribution in [0.3, 0.4) is 0 Å². The number of hydrogen-bond acceptors (Lipinski definition) is 6. The van der Waals surface area contributed by atoms with E-state index in [0.717, 1.165) is 78.5 Å². The summed E-state index contributed by atoms with van der Waals surface area (Å²) in [4.78, 5) is 25.2. The Hall–Kier alpha value is -3.28. The maximum atomic E-state index is 12.6. The fourth-order valence-electron chi connectivity index (χ4n) is 5.47. The average Bonchev–Trinajstić information content (AvgIpc) is 3.01. The van der Waals surface area contributed by atoms with Crippen molar-refractivity contribution in [2.75, 3.05) is 26.4 Å². The van der Waals surface area contributed by atoms with Crippen molar-refractivity contribution in [3.63, 3.8) is 0 Å². The number of rotatable bonds is 20. The minimum absolute atomic E-state index is 0.168. The Morgan fingerprint density at radius 1 is 0.571 bits per heavy atom. The van der Waals surface area contributed by atoms with Crippen LogP contribution in [0.5, 0.6) is 11.5 Å². The summed E-state index contributed by atoms with van der Waals surface area (Å²) < 4.78 is 23.4. The molecule has 3 rings (SSSR count). The van der Waals surface area contributed by atoms with Crippen LogP contribution in [-0.2, 0) is 31.9 Å². The second-order valence-corrected chi connectivity index (χ2v) is 10.9. The SMILES string of the molecule is CCCCCCCOC(=O)COc1c2ccccc2c(OCC(=O)OCCCCCCC)c2c(CC)c(CC)ccc12. The third-order valence-corrected chi connectivity index (χ3v) is 7.72. The molecule has 0 N–H and O–H groups in total. The largest absolute Gasteiger partial charge is 0.481 e. The standard InChI is InChI=1S/C36H50O6/c1-5-9-11-13-17-23-39-32(37)25-41-35-29-19-15-16-20-30(29)36(34-28(8-4)27(7-3)21-22-31(34)35)42-26-33(38)40-24-18-14-12-10-6-2/h15-16,19-22H,5-14,17-18,23-26H2,1-4H3. The van der Waals surface area contributed by atoms with Gasteiger partial charge in [0.2, 0.25) is 0 Å². The van der Waals surface area contributed by atoms with E-state index >= 15 is 0 Å². The molecule has 0 saturated heterocycles. The molecule has 0 atom stereocenters. The second-order valence-electron chi connectivity index (χ2n) is 10.9. The van der Waals surface area contributed by atoms with E-state index in [-0.39, 0.29) is 25.2 Å². The number of esters is 2. The van der Waals surface area contributed by atoms with E-state index in [1.54, 1.807) is 0 Å². The smallest absolute Gasteiger partial charge is 0.344 e. The molecule has 6 nitrogen and oxygen atoms in total. The number of hydrogen-bond donors (Lipinski definition) is 0. The lowest BCUT2D eigenvalue weighted by Gasteiger charge is -2.21. The first-order valence-corrected chi connectivity index (χ1v) is 16.1. The summed E-state index contributed by atoms with van der Waals surface area (Å²) in [5.41, 5.74) is 2.37. The van der Waals surface area contributed by atoms with E-state index in [2.05, 4.69) is 33.8 Å². The molecule has 0 spiro atoms. The zero-order valence-corrected chi connectivity index (χ0v) is 26.2. The molecule has 3 aromatic rings. The van der Waals surface area contributed by atoms with Gasteiger partial charge in [-0.3, -0.25) is 0 Å². The lowest BCUT2D eigenvalue weighted by molar-refractivity contribution is -0.147. The molecule has 230 valence electrons. The molecule has 0 radical (unpaired) electrons. The molecule has 0 fully saturated rings. The van der Waals surface area contributed by atoms with Crippen LogP contribution < -0.4 is 9.47 Å². The predicted octanol–water partition coefficient (Wildman–Crippen LogP) is 8.90. The number of benzene rings is 3. The summed E-state index contributed by atoms with van der Waals surface area (Å²) in [6.07, 6.45) is 12.6. The van der Waals surface area contributed by atoms with E-state index in [1.807, 2.05) is 30.3 Å². The molecule has 0 aliphatic carbocycles. The summed E-state index contributed by atoms with van der Waals surface area (Å²) in [7, 11) is 0. The summed E-state index contributed by atoms with van der Waals surface area (Å²) >= 11 is 0. The van der Waals surface area contributed by atoms with Crippen molar-refractivity contribution >= 4 is 33.5 Å². The Kier molecular flexibility index (Phi) is 14.5. The molecule has 6 heteroatoms. The van der Waals surface area contributed by atoms with Crippen LogP contribution in [-0.4, -0.2) is 38.4 Å². The Bertz CT molecular complexity index is 1280. The van der Waals surface area contributed by atoms with Gasteiger partial charge in [0.05, 0.1) is 13.2 Å². The van der Waals surface area contributed by atoms with Gasteiger partial charge >= 0.3 is 11.9 Å². The molecule has 0 aliphatic heterocycles. The van der Waals surface area contributed by atoms with Crippen LogP contribution >= 0.6 is 0 Å². The van der Waals surface area contributed by atoms with Gasteiger partial charge in [-0.05, 0) is 36.8 Å². The van der Waals surface area contributed by atoms with Crippen molar-refractivity contribution in [2.24, 2.45) is 0 Å². The first-order chi connectivity index (χ1) is 20.5. The summed E-state index contributed by atoms with van der Waals surface area (Å²) in [6.45, 7) is 9.11. The van der Waals surface area contributed by atoms with Crippen molar-refractivity contribution in [1.82, 2.24) is 0 Å². The first-order valence-electron chi connectivity index (χ1n) is 16.1. The van der Waals surface area contributed by atoms with E-state index in [1.165, 1.54) is 31.2 Å². The molecule has 0 saturated carbocycles. The molecule has 0 aromatic heterocycles. The van der Waals surface area contributed by atoms with Crippen molar-refractivity contribution < 1.29 is 28.5 Å². The normalized spacial score (nSPS) is 11.1. The maximum Gasteiger partial charge on any atom is 0.344 e. The van der Waals surface area contributed by atoms with E-state index in [0.29, 0.717) is 24.7 Å². The van der Waals surface area contributed by atoms with Gasteiger partial charge in [0, 0.05) is 21.5 Å². The topological polar surface area (TPSA) is 71.1 Å². The minimum Gasteiger partial charge on any atom is -0.481 e. The van der Waals surface area contributed by atoms with Gasteiger partial charge in [-0.1, -0.05) is 115 Å². The number of fused-ring (bicyclic) bond motifs is 2. The van der Waals surface area contributed by atoms with Gasteiger partial charge in [-0.25, -0.2) is 9.59 Å². The Morgan fingerprint density at radius 2 is 1.10 bits per heavy atom. The van der Waals surface area contributed by atoms with Crippen LogP contribution in [0.2, 0.25) is 0 Å². The highest BCUT2D eigenvalue weighted by molar-refractivity contribution is 6.12. The lowest BCUT2D eigenvalue weighted by atomic mass is 9.91. The molecule has 3 aromatic carbocycles. The molecule has 0 amide bonds. The minimum atomic E-state index is -0.374. The zero-order chi connectivity index (χ0) is 30.2. The highest BCUT2D eigenvalue weighted by Crippen LogP contribution is 2.45. The van der Waals surface area contributed by atoms with Gasteiger partial charge in [-0.2, -0.15) is 0 Å². The Morgan fingerprint density at radius 3 is 1.62 bits per heavy atom. The highest BCUT2D eigenvalue weighted by Gasteiger charge is 2.21. The number of aryl methyl sites for hydroxylation is 2. The predicted molar refractivity (Wildman–Crippen MR) is 171 cm³/mol. The van der Waals surface area contributed by atoms with Crippen LogP contribution in [0.15, 0.2) is 36.4 Å². The van der Waals surface area contributed by atoms with Gasteiger partial charge in [0.1, 0.15) is 11.5 Å². The third-order valence-electron chi connectivity index (χ3n) is 7.72. The number of carbonyl (C=O) groups is 2. The Labute approximate surface area is 252 Å². The molecule has 0 unspecified atom stereocenters.